The van der Waals surface area contributed by atoms with Gasteiger partial charge < -0.3 is 15.0 Å². The summed E-state index contributed by atoms with van der Waals surface area (Å²) in [7, 11) is 2.06. The number of anilines is 1. The van der Waals surface area contributed by atoms with Crippen LogP contribution in [-0.4, -0.2) is 19.1 Å². The number of para-hydroxylation sites is 1. The zero-order chi connectivity index (χ0) is 24.1. The first kappa shape index (κ1) is 25.1. The smallest absolute Gasteiger partial charge is 0.224 e. The van der Waals surface area contributed by atoms with Crippen LogP contribution in [0.25, 0.3) is 0 Å². The lowest BCUT2D eigenvalue weighted by molar-refractivity contribution is -0.125. The number of carbonyl (C=O) groups excluding carboxylic acids is 1. The Balaban J connectivity index is 1.95. The summed E-state index contributed by atoms with van der Waals surface area (Å²) in [6.45, 7) is 13.1. The maximum atomic E-state index is 13.2. The molecule has 2 aromatic rings. The molecule has 2 aromatic carbocycles. The quantitative estimate of drug-likeness (QED) is 0.427. The molecular formula is C29H42N2O2. The highest BCUT2D eigenvalue weighted by atomic mass is 16.5. The monoisotopic (exact) mass is 450 g/mol. The predicted molar refractivity (Wildman–Crippen MR) is 138 cm³/mol. The van der Waals surface area contributed by atoms with Gasteiger partial charge in [0.1, 0.15) is 18.0 Å². The number of rotatable bonds is 9. The predicted octanol–water partition coefficient (Wildman–Crippen LogP) is 6.80. The van der Waals surface area contributed by atoms with Crippen molar-refractivity contribution in [2.45, 2.75) is 79.5 Å². The molecule has 1 unspecified atom stereocenters. The van der Waals surface area contributed by atoms with E-state index in [-0.39, 0.29) is 24.1 Å². The summed E-state index contributed by atoms with van der Waals surface area (Å²) in [5.74, 6) is 2.10. The molecule has 1 aliphatic rings. The van der Waals surface area contributed by atoms with Crippen LogP contribution in [0.15, 0.2) is 42.5 Å². The fourth-order valence-corrected chi connectivity index (χ4v) is 5.07. The van der Waals surface area contributed by atoms with E-state index in [9.17, 15) is 4.79 Å². The average molecular weight is 451 g/mol. The first-order valence-corrected chi connectivity index (χ1v) is 12.6. The van der Waals surface area contributed by atoms with Gasteiger partial charge in [-0.15, -0.1) is 0 Å². The Labute approximate surface area is 200 Å². The highest BCUT2D eigenvalue weighted by Crippen LogP contribution is 2.34. The molecule has 1 atom stereocenters. The lowest BCUT2D eigenvalue weighted by Gasteiger charge is -2.34. The Morgan fingerprint density at radius 2 is 1.55 bits per heavy atom. The van der Waals surface area contributed by atoms with Crippen LogP contribution < -0.4 is 15.0 Å². The number of carbonyl (C=O) groups is 1. The van der Waals surface area contributed by atoms with Gasteiger partial charge in [-0.05, 0) is 73.4 Å². The van der Waals surface area contributed by atoms with E-state index >= 15 is 0 Å². The largest absolute Gasteiger partial charge is 0.490 e. The molecule has 33 heavy (non-hydrogen) atoms. The van der Waals surface area contributed by atoms with E-state index in [1.54, 1.807) is 0 Å². The molecule has 0 saturated heterocycles. The molecule has 4 nitrogen and oxygen atoms in total. The molecule has 1 aliphatic carbocycles. The Morgan fingerprint density at radius 1 is 0.939 bits per heavy atom. The van der Waals surface area contributed by atoms with Gasteiger partial charge in [-0.2, -0.15) is 0 Å². The number of ether oxygens (including phenoxy) is 1. The summed E-state index contributed by atoms with van der Waals surface area (Å²) >= 11 is 0. The summed E-state index contributed by atoms with van der Waals surface area (Å²) in [6.07, 6.45) is 4.20. The summed E-state index contributed by atoms with van der Waals surface area (Å²) in [5, 5.41) is 3.38. The summed E-state index contributed by atoms with van der Waals surface area (Å²) in [5.41, 5.74) is 4.49. The second-order valence-electron chi connectivity index (χ2n) is 10.3. The van der Waals surface area contributed by atoms with Crippen LogP contribution in [-0.2, 0) is 4.79 Å². The minimum absolute atomic E-state index is 0.124. The standard InChI is InChI=1S/C29H42N2O2/c1-19(2)27(20(3)4)33-26-18-17-25(21(5)22(26)6)28(30-29(32)23-13-11-12-14-23)31(7)24-15-9-8-10-16-24/h8-10,15-20,23,27-28H,11-14H2,1-7H3,(H,30,32). The third kappa shape index (κ3) is 5.90. The van der Waals surface area contributed by atoms with Crippen molar-refractivity contribution in [3.05, 3.63) is 59.2 Å². The normalized spacial score (nSPS) is 15.3. The van der Waals surface area contributed by atoms with Gasteiger partial charge in [0, 0.05) is 18.7 Å². The van der Waals surface area contributed by atoms with Crippen LogP contribution >= 0.6 is 0 Å². The third-order valence-corrected chi connectivity index (χ3v) is 7.21. The van der Waals surface area contributed by atoms with E-state index in [1.807, 2.05) is 18.2 Å². The van der Waals surface area contributed by atoms with Gasteiger partial charge in [0.2, 0.25) is 5.91 Å². The topological polar surface area (TPSA) is 41.6 Å². The summed E-state index contributed by atoms with van der Waals surface area (Å²) in [4.78, 5) is 15.3. The molecule has 0 heterocycles. The van der Waals surface area contributed by atoms with Crippen LogP contribution in [0.2, 0.25) is 0 Å². The first-order chi connectivity index (χ1) is 15.7. The molecular weight excluding hydrogens is 408 g/mol. The molecule has 1 N–H and O–H groups in total. The molecule has 1 fully saturated rings. The highest BCUT2D eigenvalue weighted by Gasteiger charge is 2.29. The zero-order valence-electron chi connectivity index (χ0n) is 21.5. The van der Waals surface area contributed by atoms with Crippen LogP contribution in [0, 0.1) is 31.6 Å². The van der Waals surface area contributed by atoms with Gasteiger partial charge in [0.05, 0.1) is 0 Å². The van der Waals surface area contributed by atoms with Crippen molar-refractivity contribution in [2.24, 2.45) is 17.8 Å². The molecule has 3 rings (SSSR count). The molecule has 180 valence electrons. The molecule has 1 saturated carbocycles. The Hall–Kier alpha value is -2.49. The van der Waals surface area contributed by atoms with Gasteiger partial charge in [0.25, 0.3) is 0 Å². The second-order valence-corrected chi connectivity index (χ2v) is 10.3. The number of hydrogen-bond donors (Lipinski definition) is 1. The Bertz CT molecular complexity index is 909. The molecule has 0 bridgehead atoms. The first-order valence-electron chi connectivity index (χ1n) is 12.6. The van der Waals surface area contributed by atoms with Crippen LogP contribution in [0.3, 0.4) is 0 Å². The van der Waals surface area contributed by atoms with E-state index in [0.29, 0.717) is 11.8 Å². The fraction of sp³-hybridized carbons (Fsp3) is 0.552. The van der Waals surface area contributed by atoms with Gasteiger partial charge >= 0.3 is 0 Å². The van der Waals surface area contributed by atoms with Crippen molar-refractivity contribution in [3.63, 3.8) is 0 Å². The second kappa shape index (κ2) is 11.1. The number of nitrogens with one attached hydrogen (secondary N) is 1. The van der Waals surface area contributed by atoms with Crippen molar-refractivity contribution in [1.29, 1.82) is 0 Å². The molecule has 0 radical (unpaired) electrons. The lowest BCUT2D eigenvalue weighted by atomic mass is 9.95. The van der Waals surface area contributed by atoms with Gasteiger partial charge in [-0.1, -0.05) is 64.8 Å². The molecule has 0 spiro atoms. The average Bonchev–Trinajstić information content (AvgIpc) is 3.33. The number of amides is 1. The van der Waals surface area contributed by atoms with E-state index < -0.39 is 0 Å². The number of hydrogen-bond acceptors (Lipinski definition) is 3. The van der Waals surface area contributed by atoms with Crippen LogP contribution in [0.4, 0.5) is 5.69 Å². The van der Waals surface area contributed by atoms with Crippen LogP contribution in [0.5, 0.6) is 5.75 Å². The van der Waals surface area contributed by atoms with Crippen molar-refractivity contribution in [1.82, 2.24) is 5.32 Å². The number of nitrogens with zero attached hydrogens (tertiary/aromatic N) is 1. The van der Waals surface area contributed by atoms with Gasteiger partial charge in [0.15, 0.2) is 0 Å². The lowest BCUT2D eigenvalue weighted by Crippen LogP contribution is -2.42. The van der Waals surface area contributed by atoms with Crippen molar-refractivity contribution >= 4 is 11.6 Å². The maximum absolute atomic E-state index is 13.2. The Kier molecular flexibility index (Phi) is 8.45. The van der Waals surface area contributed by atoms with Gasteiger partial charge in [-0.25, -0.2) is 0 Å². The third-order valence-electron chi connectivity index (χ3n) is 7.21. The van der Waals surface area contributed by atoms with E-state index in [2.05, 4.69) is 83.1 Å². The zero-order valence-corrected chi connectivity index (χ0v) is 21.5. The van der Waals surface area contributed by atoms with Crippen molar-refractivity contribution in [3.8, 4) is 5.75 Å². The summed E-state index contributed by atoms with van der Waals surface area (Å²) < 4.78 is 6.49. The van der Waals surface area contributed by atoms with E-state index in [0.717, 1.165) is 48.2 Å². The molecule has 4 heteroatoms. The van der Waals surface area contributed by atoms with E-state index in [4.69, 9.17) is 4.74 Å². The van der Waals surface area contributed by atoms with Crippen molar-refractivity contribution < 1.29 is 9.53 Å². The molecule has 0 aromatic heterocycles. The molecule has 0 aliphatic heterocycles. The SMILES string of the molecule is Cc1c(OC(C(C)C)C(C)C)ccc(C(NC(=O)C2CCCC2)N(C)c2ccccc2)c1C. The number of benzene rings is 2. The maximum Gasteiger partial charge on any atom is 0.224 e. The minimum atomic E-state index is -0.237. The van der Waals surface area contributed by atoms with Crippen molar-refractivity contribution in [2.75, 3.05) is 11.9 Å². The fourth-order valence-electron chi connectivity index (χ4n) is 5.07. The van der Waals surface area contributed by atoms with Crippen LogP contribution in [0.1, 0.15) is 76.2 Å². The van der Waals surface area contributed by atoms with Gasteiger partial charge in [-0.3, -0.25) is 4.79 Å². The minimum Gasteiger partial charge on any atom is -0.490 e. The van der Waals surface area contributed by atoms with E-state index in [1.165, 1.54) is 5.56 Å². The molecule has 1 amide bonds. The highest BCUT2D eigenvalue weighted by molar-refractivity contribution is 5.80. The summed E-state index contributed by atoms with van der Waals surface area (Å²) in [6, 6.07) is 14.5. The Morgan fingerprint density at radius 3 is 2.12 bits per heavy atom.